The average molecular weight is 288 g/mol. The van der Waals surface area contributed by atoms with Crippen molar-refractivity contribution in [2.75, 3.05) is 7.11 Å². The number of hydrogen-bond acceptors (Lipinski definition) is 2. The maximum Gasteiger partial charge on any atom is 0.119 e. The van der Waals surface area contributed by atoms with Crippen LogP contribution in [0.3, 0.4) is 0 Å². The lowest BCUT2D eigenvalue weighted by atomic mass is 9.86. The number of hydrogen-bond donors (Lipinski definition) is 1. The van der Waals surface area contributed by atoms with Gasteiger partial charge in [0.25, 0.3) is 0 Å². The number of fused-ring (bicyclic) bond motifs is 1. The van der Waals surface area contributed by atoms with Crippen LogP contribution in [0.4, 0.5) is 0 Å². The maximum absolute atomic E-state index is 6.68. The van der Waals surface area contributed by atoms with E-state index in [-0.39, 0.29) is 5.54 Å². The first kappa shape index (κ1) is 13.5. The lowest BCUT2D eigenvalue weighted by Crippen LogP contribution is -2.36. The predicted octanol–water partition coefficient (Wildman–Crippen LogP) is 3.69. The van der Waals surface area contributed by atoms with Crippen LogP contribution in [0.15, 0.2) is 42.5 Å². The second kappa shape index (κ2) is 5.12. The first-order valence-corrected chi connectivity index (χ1v) is 7.19. The van der Waals surface area contributed by atoms with E-state index in [1.165, 1.54) is 16.7 Å². The number of halogens is 1. The Morgan fingerprint density at radius 2 is 1.95 bits per heavy atom. The molecule has 0 aromatic heterocycles. The Morgan fingerprint density at radius 3 is 2.65 bits per heavy atom. The molecule has 0 aliphatic heterocycles. The van der Waals surface area contributed by atoms with E-state index in [1.807, 2.05) is 18.2 Å². The molecular formula is C17H18ClNO. The van der Waals surface area contributed by atoms with Crippen molar-refractivity contribution < 1.29 is 4.74 Å². The molecule has 3 rings (SSSR count). The first-order valence-electron chi connectivity index (χ1n) is 6.81. The highest BCUT2D eigenvalue weighted by atomic mass is 35.5. The number of methoxy groups -OCH3 is 1. The molecule has 0 radical (unpaired) electrons. The van der Waals surface area contributed by atoms with E-state index in [9.17, 15) is 0 Å². The van der Waals surface area contributed by atoms with Crippen LogP contribution in [0.25, 0.3) is 0 Å². The molecule has 2 aromatic rings. The molecule has 2 nitrogen and oxygen atoms in total. The van der Waals surface area contributed by atoms with Crippen molar-refractivity contribution in [3.63, 3.8) is 0 Å². The van der Waals surface area contributed by atoms with Crippen molar-refractivity contribution in [3.05, 3.63) is 64.2 Å². The van der Waals surface area contributed by atoms with Gasteiger partial charge >= 0.3 is 0 Å². The highest BCUT2D eigenvalue weighted by Gasteiger charge is 2.35. The molecule has 0 saturated carbocycles. The summed E-state index contributed by atoms with van der Waals surface area (Å²) in [6.07, 6.45) is 2.83. The molecule has 104 valence electrons. The minimum atomic E-state index is -0.308. The topological polar surface area (TPSA) is 35.2 Å². The SMILES string of the molecule is COc1ccc2c(c1)C(N)(Cc1ccc(Cl)cc1)CC2. The Balaban J connectivity index is 1.93. The Bertz CT molecular complexity index is 623. The molecule has 1 unspecified atom stereocenters. The third-order valence-electron chi connectivity index (χ3n) is 4.13. The summed E-state index contributed by atoms with van der Waals surface area (Å²) >= 11 is 5.94. The van der Waals surface area contributed by atoms with E-state index < -0.39 is 0 Å². The highest BCUT2D eigenvalue weighted by molar-refractivity contribution is 6.30. The lowest BCUT2D eigenvalue weighted by Gasteiger charge is -2.26. The van der Waals surface area contributed by atoms with Gasteiger partial charge in [-0.15, -0.1) is 0 Å². The fourth-order valence-electron chi connectivity index (χ4n) is 3.01. The summed E-state index contributed by atoms with van der Waals surface area (Å²) in [4.78, 5) is 0. The van der Waals surface area contributed by atoms with Crippen LogP contribution in [-0.2, 0) is 18.4 Å². The van der Waals surface area contributed by atoms with Gasteiger partial charge < -0.3 is 10.5 Å². The van der Waals surface area contributed by atoms with Gasteiger partial charge in [-0.05, 0) is 60.2 Å². The number of benzene rings is 2. The largest absolute Gasteiger partial charge is 0.497 e. The molecule has 0 spiro atoms. The molecule has 1 aliphatic carbocycles. The molecular weight excluding hydrogens is 270 g/mol. The fraction of sp³-hybridized carbons (Fsp3) is 0.294. The van der Waals surface area contributed by atoms with Crippen molar-refractivity contribution >= 4 is 11.6 Å². The zero-order valence-corrected chi connectivity index (χ0v) is 12.3. The van der Waals surface area contributed by atoms with Crippen molar-refractivity contribution in [1.29, 1.82) is 0 Å². The molecule has 2 aromatic carbocycles. The summed E-state index contributed by atoms with van der Waals surface area (Å²) in [6, 6.07) is 14.2. The molecule has 0 amide bonds. The van der Waals surface area contributed by atoms with Gasteiger partial charge in [0.1, 0.15) is 5.75 Å². The molecule has 1 atom stereocenters. The van der Waals surface area contributed by atoms with Crippen molar-refractivity contribution in [3.8, 4) is 5.75 Å². The molecule has 0 heterocycles. The van der Waals surface area contributed by atoms with Gasteiger partial charge in [0.05, 0.1) is 7.11 Å². The number of ether oxygens (including phenoxy) is 1. The first-order chi connectivity index (χ1) is 9.60. The van der Waals surface area contributed by atoms with Gasteiger partial charge in [0.2, 0.25) is 0 Å². The number of rotatable bonds is 3. The standard InChI is InChI=1S/C17H18ClNO/c1-20-15-7-4-13-8-9-17(19,16(13)10-15)11-12-2-5-14(18)6-3-12/h2-7,10H,8-9,11,19H2,1H3. The summed E-state index contributed by atoms with van der Waals surface area (Å²) in [5.74, 6) is 0.872. The van der Waals surface area contributed by atoms with E-state index in [0.29, 0.717) is 0 Å². The normalized spacial score (nSPS) is 20.8. The van der Waals surface area contributed by atoms with E-state index in [2.05, 4.69) is 24.3 Å². The van der Waals surface area contributed by atoms with Gasteiger partial charge in [-0.1, -0.05) is 29.8 Å². The minimum absolute atomic E-state index is 0.308. The van der Waals surface area contributed by atoms with Crippen LogP contribution in [0.1, 0.15) is 23.1 Å². The molecule has 2 N–H and O–H groups in total. The lowest BCUT2D eigenvalue weighted by molar-refractivity contribution is 0.407. The average Bonchev–Trinajstić information content (AvgIpc) is 2.78. The van der Waals surface area contributed by atoms with Gasteiger partial charge in [0.15, 0.2) is 0 Å². The van der Waals surface area contributed by atoms with Crippen LogP contribution < -0.4 is 10.5 Å². The summed E-state index contributed by atoms with van der Waals surface area (Å²) in [5, 5.41) is 0.758. The maximum atomic E-state index is 6.68. The Hall–Kier alpha value is -1.51. The Kier molecular flexibility index (Phi) is 3.45. The summed E-state index contributed by atoms with van der Waals surface area (Å²) in [7, 11) is 1.69. The fourth-order valence-corrected chi connectivity index (χ4v) is 3.13. The molecule has 20 heavy (non-hydrogen) atoms. The van der Waals surface area contributed by atoms with E-state index in [0.717, 1.165) is 30.0 Å². The van der Waals surface area contributed by atoms with Crippen molar-refractivity contribution in [2.24, 2.45) is 5.73 Å². The predicted molar refractivity (Wildman–Crippen MR) is 82.3 cm³/mol. The third-order valence-corrected chi connectivity index (χ3v) is 4.38. The molecule has 0 bridgehead atoms. The minimum Gasteiger partial charge on any atom is -0.497 e. The van der Waals surface area contributed by atoms with Crippen LogP contribution >= 0.6 is 11.6 Å². The monoisotopic (exact) mass is 287 g/mol. The second-order valence-corrected chi connectivity index (χ2v) is 5.92. The quantitative estimate of drug-likeness (QED) is 0.934. The molecule has 0 saturated heterocycles. The smallest absolute Gasteiger partial charge is 0.119 e. The van der Waals surface area contributed by atoms with Gasteiger partial charge in [-0.25, -0.2) is 0 Å². The van der Waals surface area contributed by atoms with E-state index in [1.54, 1.807) is 7.11 Å². The van der Waals surface area contributed by atoms with Gasteiger partial charge in [0, 0.05) is 10.6 Å². The third kappa shape index (κ3) is 2.41. The van der Waals surface area contributed by atoms with Crippen LogP contribution in [0.2, 0.25) is 5.02 Å². The molecule has 1 aliphatic rings. The van der Waals surface area contributed by atoms with Crippen molar-refractivity contribution in [2.45, 2.75) is 24.8 Å². The van der Waals surface area contributed by atoms with Crippen molar-refractivity contribution in [1.82, 2.24) is 0 Å². The summed E-state index contributed by atoms with van der Waals surface area (Å²) < 4.78 is 5.33. The Labute approximate surface area is 124 Å². The number of nitrogens with two attached hydrogens (primary N) is 1. The summed E-state index contributed by atoms with van der Waals surface area (Å²) in [6.45, 7) is 0. The van der Waals surface area contributed by atoms with Crippen LogP contribution in [0, 0.1) is 0 Å². The van der Waals surface area contributed by atoms with Crippen LogP contribution in [0.5, 0.6) is 5.75 Å². The Morgan fingerprint density at radius 1 is 1.20 bits per heavy atom. The summed E-state index contributed by atoms with van der Waals surface area (Å²) in [5.41, 5.74) is 10.1. The van der Waals surface area contributed by atoms with Gasteiger partial charge in [-0.3, -0.25) is 0 Å². The van der Waals surface area contributed by atoms with E-state index in [4.69, 9.17) is 22.1 Å². The zero-order valence-electron chi connectivity index (χ0n) is 11.5. The molecule has 3 heteroatoms. The zero-order chi connectivity index (χ0) is 14.2. The van der Waals surface area contributed by atoms with Gasteiger partial charge in [-0.2, -0.15) is 0 Å². The molecule has 0 fully saturated rings. The second-order valence-electron chi connectivity index (χ2n) is 5.48. The van der Waals surface area contributed by atoms with Crippen LogP contribution in [-0.4, -0.2) is 7.11 Å². The number of aryl methyl sites for hydroxylation is 1. The van der Waals surface area contributed by atoms with E-state index >= 15 is 0 Å². The highest BCUT2D eigenvalue weighted by Crippen LogP contribution is 2.39.